The van der Waals surface area contributed by atoms with Crippen molar-refractivity contribution in [2.45, 2.75) is 57.5 Å². The molecular weight excluding hydrogens is 412 g/mol. The summed E-state index contributed by atoms with van der Waals surface area (Å²) in [7, 11) is 1.56. The van der Waals surface area contributed by atoms with Crippen molar-refractivity contribution in [2.75, 3.05) is 7.11 Å². The molecule has 0 aliphatic heterocycles. The van der Waals surface area contributed by atoms with Gasteiger partial charge in [-0.1, -0.05) is 42.5 Å². The molecule has 8 nitrogen and oxygen atoms in total. The average molecular weight is 445 g/mol. The van der Waals surface area contributed by atoms with Crippen LogP contribution in [0, 0.1) is 0 Å². The monoisotopic (exact) mass is 444 g/mol. The minimum atomic E-state index is -1.42. The van der Waals surface area contributed by atoms with E-state index in [0.29, 0.717) is 5.75 Å². The quantitative estimate of drug-likeness (QED) is 0.445. The molecule has 0 bridgehead atoms. The van der Waals surface area contributed by atoms with E-state index in [0.717, 1.165) is 11.1 Å². The van der Waals surface area contributed by atoms with Gasteiger partial charge in [-0.15, -0.1) is 0 Å². The number of rotatable bonds is 10. The molecular formula is C24H32N2O6. The molecule has 0 aliphatic rings. The molecule has 0 saturated heterocycles. The Balaban J connectivity index is 2.16. The van der Waals surface area contributed by atoms with Gasteiger partial charge >= 0.3 is 12.1 Å². The lowest BCUT2D eigenvalue weighted by molar-refractivity contribution is -0.143. The third kappa shape index (κ3) is 8.20. The molecule has 2 rings (SSSR count). The van der Waals surface area contributed by atoms with Gasteiger partial charge in [-0.3, -0.25) is 10.1 Å². The summed E-state index contributed by atoms with van der Waals surface area (Å²) in [5, 5.41) is 26.2. The molecule has 1 amide bonds. The SMILES string of the molecule is COc1ccc(CN[C@@H](C(=O)O)[C@@H](O)[C@H](Cc2ccccc2)NC(=O)OC(C)(C)C)cc1. The Hall–Kier alpha value is -3.10. The van der Waals surface area contributed by atoms with E-state index in [-0.39, 0.29) is 13.0 Å². The van der Waals surface area contributed by atoms with Crippen molar-refractivity contribution in [1.29, 1.82) is 0 Å². The van der Waals surface area contributed by atoms with Gasteiger partial charge in [0.25, 0.3) is 0 Å². The summed E-state index contributed by atoms with van der Waals surface area (Å²) in [6, 6.07) is 14.1. The molecule has 0 radical (unpaired) electrons. The minimum absolute atomic E-state index is 0.211. The van der Waals surface area contributed by atoms with E-state index in [1.54, 1.807) is 52.1 Å². The molecule has 2 aromatic carbocycles. The van der Waals surface area contributed by atoms with Crippen LogP contribution in [-0.4, -0.2) is 53.2 Å². The number of hydrogen-bond acceptors (Lipinski definition) is 6. The zero-order chi connectivity index (χ0) is 23.7. The van der Waals surface area contributed by atoms with Crippen molar-refractivity contribution in [2.24, 2.45) is 0 Å². The van der Waals surface area contributed by atoms with Crippen LogP contribution in [0.15, 0.2) is 54.6 Å². The number of hydrogen-bond donors (Lipinski definition) is 4. The minimum Gasteiger partial charge on any atom is -0.497 e. The lowest BCUT2D eigenvalue weighted by Crippen LogP contribution is -2.57. The number of carboxylic acids is 1. The van der Waals surface area contributed by atoms with Crippen LogP contribution in [0.2, 0.25) is 0 Å². The highest BCUT2D eigenvalue weighted by Gasteiger charge is 2.34. The van der Waals surface area contributed by atoms with E-state index in [4.69, 9.17) is 9.47 Å². The van der Waals surface area contributed by atoms with Crippen LogP contribution >= 0.6 is 0 Å². The van der Waals surface area contributed by atoms with Gasteiger partial charge in [0.1, 0.15) is 23.5 Å². The largest absolute Gasteiger partial charge is 0.497 e. The predicted molar refractivity (Wildman–Crippen MR) is 121 cm³/mol. The van der Waals surface area contributed by atoms with E-state index < -0.39 is 35.9 Å². The van der Waals surface area contributed by atoms with Crippen LogP contribution in [0.5, 0.6) is 5.75 Å². The number of nitrogens with one attached hydrogen (secondary N) is 2. The number of amides is 1. The Morgan fingerprint density at radius 1 is 1.00 bits per heavy atom. The summed E-state index contributed by atoms with van der Waals surface area (Å²) in [6.45, 7) is 5.39. The zero-order valence-electron chi connectivity index (χ0n) is 18.9. The number of aliphatic carboxylic acids is 1. The maximum Gasteiger partial charge on any atom is 0.407 e. The number of carboxylic acid groups (broad SMARTS) is 1. The fourth-order valence-electron chi connectivity index (χ4n) is 3.14. The summed E-state index contributed by atoms with van der Waals surface area (Å²) >= 11 is 0. The Morgan fingerprint density at radius 2 is 1.62 bits per heavy atom. The second-order valence-corrected chi connectivity index (χ2v) is 8.48. The number of methoxy groups -OCH3 is 1. The molecule has 0 unspecified atom stereocenters. The molecule has 8 heteroatoms. The topological polar surface area (TPSA) is 117 Å². The van der Waals surface area contributed by atoms with Gasteiger partial charge in [0.15, 0.2) is 0 Å². The van der Waals surface area contributed by atoms with Crippen LogP contribution < -0.4 is 15.4 Å². The van der Waals surface area contributed by atoms with Gasteiger partial charge in [0.05, 0.1) is 13.2 Å². The number of benzene rings is 2. The van der Waals surface area contributed by atoms with E-state index in [2.05, 4.69) is 10.6 Å². The molecule has 174 valence electrons. The van der Waals surface area contributed by atoms with Crippen LogP contribution in [0.1, 0.15) is 31.9 Å². The number of carbonyl (C=O) groups is 2. The highest BCUT2D eigenvalue weighted by molar-refractivity contribution is 5.75. The first kappa shape index (κ1) is 25.2. The van der Waals surface area contributed by atoms with Crippen molar-refractivity contribution in [1.82, 2.24) is 10.6 Å². The Morgan fingerprint density at radius 3 is 2.16 bits per heavy atom. The van der Waals surface area contributed by atoms with Gasteiger partial charge in [-0.25, -0.2) is 4.79 Å². The Bertz CT molecular complexity index is 864. The smallest absolute Gasteiger partial charge is 0.407 e. The van der Waals surface area contributed by atoms with E-state index in [9.17, 15) is 19.8 Å². The van der Waals surface area contributed by atoms with E-state index >= 15 is 0 Å². The second-order valence-electron chi connectivity index (χ2n) is 8.48. The van der Waals surface area contributed by atoms with Gasteiger partial charge in [-0.05, 0) is 50.5 Å². The van der Waals surface area contributed by atoms with Crippen LogP contribution in [0.4, 0.5) is 4.79 Å². The zero-order valence-corrected chi connectivity index (χ0v) is 18.9. The maximum atomic E-state index is 12.4. The molecule has 2 aromatic rings. The predicted octanol–water partition coefficient (Wildman–Crippen LogP) is 2.73. The van der Waals surface area contributed by atoms with Crippen molar-refractivity contribution in [3.63, 3.8) is 0 Å². The van der Waals surface area contributed by atoms with Crippen molar-refractivity contribution < 1.29 is 29.3 Å². The number of ether oxygens (including phenoxy) is 2. The van der Waals surface area contributed by atoms with Gasteiger partial charge < -0.3 is 25.0 Å². The fourth-order valence-corrected chi connectivity index (χ4v) is 3.14. The first-order valence-electron chi connectivity index (χ1n) is 10.4. The molecule has 32 heavy (non-hydrogen) atoms. The maximum absolute atomic E-state index is 12.4. The van der Waals surface area contributed by atoms with E-state index in [1.807, 2.05) is 30.3 Å². The van der Waals surface area contributed by atoms with Crippen LogP contribution in [-0.2, 0) is 22.5 Å². The number of carbonyl (C=O) groups excluding carboxylic acids is 1. The molecule has 0 heterocycles. The van der Waals surface area contributed by atoms with Crippen molar-refractivity contribution in [3.05, 3.63) is 65.7 Å². The van der Waals surface area contributed by atoms with Crippen molar-refractivity contribution in [3.8, 4) is 5.75 Å². The number of aliphatic hydroxyl groups excluding tert-OH is 1. The van der Waals surface area contributed by atoms with Crippen LogP contribution in [0.25, 0.3) is 0 Å². The normalized spacial score (nSPS) is 14.2. The lowest BCUT2D eigenvalue weighted by atomic mass is 9.96. The average Bonchev–Trinajstić information content (AvgIpc) is 2.73. The van der Waals surface area contributed by atoms with Crippen LogP contribution in [0.3, 0.4) is 0 Å². The Labute approximate surface area is 188 Å². The standard InChI is InChI=1S/C24H32N2O6/c1-24(2,3)32-23(30)26-19(14-16-8-6-5-7-9-16)21(27)20(22(28)29)25-15-17-10-12-18(31-4)13-11-17/h5-13,19-21,25,27H,14-15H2,1-4H3,(H,26,30)(H,28,29)/t19-,20+,21-/m0/s1. The molecule has 0 spiro atoms. The second kappa shape index (κ2) is 11.5. The van der Waals surface area contributed by atoms with Crippen molar-refractivity contribution >= 4 is 12.1 Å². The summed E-state index contributed by atoms with van der Waals surface area (Å²) in [5.41, 5.74) is 0.932. The number of aliphatic hydroxyl groups is 1. The highest BCUT2D eigenvalue weighted by Crippen LogP contribution is 2.14. The highest BCUT2D eigenvalue weighted by atomic mass is 16.6. The first-order chi connectivity index (χ1) is 15.1. The molecule has 0 saturated carbocycles. The third-order valence-electron chi connectivity index (χ3n) is 4.71. The molecule has 3 atom stereocenters. The first-order valence-corrected chi connectivity index (χ1v) is 10.4. The van der Waals surface area contributed by atoms with E-state index in [1.165, 1.54) is 0 Å². The summed E-state index contributed by atoms with van der Waals surface area (Å²) in [6.07, 6.45) is -1.91. The third-order valence-corrected chi connectivity index (χ3v) is 4.71. The summed E-state index contributed by atoms with van der Waals surface area (Å²) in [4.78, 5) is 24.3. The Kier molecular flexibility index (Phi) is 9.04. The molecule has 0 fully saturated rings. The molecule has 4 N–H and O–H groups in total. The van der Waals surface area contributed by atoms with Gasteiger partial charge in [0.2, 0.25) is 0 Å². The fraction of sp³-hybridized carbons (Fsp3) is 0.417. The summed E-state index contributed by atoms with van der Waals surface area (Å²) in [5.74, 6) is -0.539. The number of alkyl carbamates (subject to hydrolysis) is 1. The molecule has 0 aliphatic carbocycles. The van der Waals surface area contributed by atoms with Gasteiger partial charge in [-0.2, -0.15) is 0 Å². The molecule has 0 aromatic heterocycles. The van der Waals surface area contributed by atoms with Gasteiger partial charge in [0, 0.05) is 6.54 Å². The summed E-state index contributed by atoms with van der Waals surface area (Å²) < 4.78 is 10.4. The lowest BCUT2D eigenvalue weighted by Gasteiger charge is -2.30.